The number of hydrogen-bond acceptors (Lipinski definition) is 1. The van der Waals surface area contributed by atoms with E-state index in [-0.39, 0.29) is 0 Å². The van der Waals surface area contributed by atoms with Crippen molar-refractivity contribution < 1.29 is 0 Å². The van der Waals surface area contributed by atoms with Crippen molar-refractivity contribution in [3.63, 3.8) is 0 Å². The third kappa shape index (κ3) is 5.21. The second-order valence-corrected chi connectivity index (χ2v) is 4.67. The van der Waals surface area contributed by atoms with E-state index in [4.69, 9.17) is 0 Å². The largest absolute Gasteiger partial charge is 0.356 e. The molecule has 0 aromatic heterocycles. The Balaban J connectivity index is 2.40. The van der Waals surface area contributed by atoms with Crippen LogP contribution in [0, 0.1) is 13.8 Å². The highest BCUT2D eigenvalue weighted by molar-refractivity contribution is 5.79. The van der Waals surface area contributed by atoms with Gasteiger partial charge in [0.1, 0.15) is 0 Å². The number of benzene rings is 1. The minimum atomic E-state index is 0.890. The van der Waals surface area contributed by atoms with Crippen LogP contribution in [0.2, 0.25) is 0 Å². The SMILES string of the molecule is CCCNC(=NC)NCCc1cc(C)cc(C)c1. The van der Waals surface area contributed by atoms with Gasteiger partial charge in [0, 0.05) is 20.1 Å². The van der Waals surface area contributed by atoms with Crippen molar-refractivity contribution in [2.24, 2.45) is 4.99 Å². The van der Waals surface area contributed by atoms with Crippen molar-refractivity contribution in [1.82, 2.24) is 10.6 Å². The fourth-order valence-corrected chi connectivity index (χ4v) is 2.00. The van der Waals surface area contributed by atoms with E-state index in [0.29, 0.717) is 0 Å². The first kappa shape index (κ1) is 14.6. The number of hydrogen-bond donors (Lipinski definition) is 2. The minimum absolute atomic E-state index is 0.890. The topological polar surface area (TPSA) is 36.4 Å². The van der Waals surface area contributed by atoms with Crippen molar-refractivity contribution in [3.05, 3.63) is 34.9 Å². The molecule has 0 saturated heterocycles. The van der Waals surface area contributed by atoms with Gasteiger partial charge in [-0.05, 0) is 32.3 Å². The van der Waals surface area contributed by atoms with Crippen LogP contribution in [0.25, 0.3) is 0 Å². The summed E-state index contributed by atoms with van der Waals surface area (Å²) in [7, 11) is 1.81. The van der Waals surface area contributed by atoms with Crippen LogP contribution in [0.4, 0.5) is 0 Å². The van der Waals surface area contributed by atoms with E-state index < -0.39 is 0 Å². The molecule has 0 amide bonds. The quantitative estimate of drug-likeness (QED) is 0.619. The van der Waals surface area contributed by atoms with Crippen LogP contribution in [-0.2, 0) is 6.42 Å². The Morgan fingerprint density at radius 1 is 1.06 bits per heavy atom. The van der Waals surface area contributed by atoms with Gasteiger partial charge in [-0.25, -0.2) is 0 Å². The van der Waals surface area contributed by atoms with Crippen LogP contribution in [0.15, 0.2) is 23.2 Å². The zero-order valence-electron chi connectivity index (χ0n) is 12.0. The van der Waals surface area contributed by atoms with E-state index in [1.165, 1.54) is 16.7 Å². The Bertz CT molecular complexity index is 376. The molecule has 0 aliphatic rings. The summed E-state index contributed by atoms with van der Waals surface area (Å²) in [6.07, 6.45) is 2.13. The van der Waals surface area contributed by atoms with Gasteiger partial charge in [-0.15, -0.1) is 0 Å². The van der Waals surface area contributed by atoms with Crippen LogP contribution in [0.1, 0.15) is 30.0 Å². The van der Waals surface area contributed by atoms with Gasteiger partial charge in [-0.1, -0.05) is 36.2 Å². The van der Waals surface area contributed by atoms with E-state index in [1.807, 2.05) is 7.05 Å². The van der Waals surface area contributed by atoms with E-state index in [1.54, 1.807) is 0 Å². The van der Waals surface area contributed by atoms with Gasteiger partial charge in [-0.2, -0.15) is 0 Å². The standard InChI is InChI=1S/C15H25N3/c1-5-7-17-15(16-4)18-8-6-14-10-12(2)9-13(3)11-14/h9-11H,5-8H2,1-4H3,(H2,16,17,18). The zero-order valence-corrected chi connectivity index (χ0v) is 12.0. The van der Waals surface area contributed by atoms with Gasteiger partial charge in [0.05, 0.1) is 0 Å². The molecule has 2 N–H and O–H groups in total. The van der Waals surface area contributed by atoms with Crippen LogP contribution < -0.4 is 10.6 Å². The maximum atomic E-state index is 4.19. The summed E-state index contributed by atoms with van der Waals surface area (Å²) in [5, 5.41) is 6.60. The summed E-state index contributed by atoms with van der Waals surface area (Å²) in [4.78, 5) is 4.19. The van der Waals surface area contributed by atoms with Gasteiger partial charge < -0.3 is 10.6 Å². The molecule has 1 aromatic carbocycles. The Labute approximate surface area is 111 Å². The maximum Gasteiger partial charge on any atom is 0.190 e. The summed E-state index contributed by atoms with van der Waals surface area (Å²) >= 11 is 0. The minimum Gasteiger partial charge on any atom is -0.356 e. The molecule has 0 aliphatic carbocycles. The first-order valence-electron chi connectivity index (χ1n) is 6.67. The molecule has 3 heteroatoms. The fraction of sp³-hybridized carbons (Fsp3) is 0.533. The van der Waals surface area contributed by atoms with Crippen molar-refractivity contribution in [2.75, 3.05) is 20.1 Å². The molecule has 100 valence electrons. The second kappa shape index (κ2) is 7.75. The predicted molar refractivity (Wildman–Crippen MR) is 79.3 cm³/mol. The lowest BCUT2D eigenvalue weighted by atomic mass is 10.1. The lowest BCUT2D eigenvalue weighted by molar-refractivity contribution is 0.773. The van der Waals surface area contributed by atoms with Crippen LogP contribution in [0.5, 0.6) is 0 Å². The third-order valence-corrected chi connectivity index (χ3v) is 2.75. The molecule has 3 nitrogen and oxygen atoms in total. The number of nitrogens with zero attached hydrogens (tertiary/aromatic N) is 1. The summed E-state index contributed by atoms with van der Waals surface area (Å²) in [5.74, 6) is 0.890. The van der Waals surface area contributed by atoms with E-state index in [9.17, 15) is 0 Å². The number of guanidine groups is 1. The lowest BCUT2D eigenvalue weighted by Gasteiger charge is -2.11. The summed E-state index contributed by atoms with van der Waals surface area (Å²) in [5.41, 5.74) is 4.04. The molecule has 1 aromatic rings. The Kier molecular flexibility index (Phi) is 6.26. The number of aliphatic imine (C=N–C) groups is 1. The normalized spacial score (nSPS) is 11.4. The van der Waals surface area contributed by atoms with Gasteiger partial charge in [0.2, 0.25) is 0 Å². The number of rotatable bonds is 5. The van der Waals surface area contributed by atoms with E-state index in [2.05, 4.69) is 54.6 Å². The number of nitrogens with one attached hydrogen (secondary N) is 2. The monoisotopic (exact) mass is 247 g/mol. The molecule has 0 bridgehead atoms. The van der Waals surface area contributed by atoms with Crippen LogP contribution >= 0.6 is 0 Å². The summed E-state index contributed by atoms with van der Waals surface area (Å²) < 4.78 is 0. The van der Waals surface area contributed by atoms with E-state index in [0.717, 1.165) is 31.9 Å². The van der Waals surface area contributed by atoms with E-state index >= 15 is 0 Å². The fourth-order valence-electron chi connectivity index (χ4n) is 2.00. The first-order chi connectivity index (χ1) is 8.65. The molecule has 0 aliphatic heterocycles. The lowest BCUT2D eigenvalue weighted by Crippen LogP contribution is -2.38. The molecular weight excluding hydrogens is 222 g/mol. The number of aryl methyl sites for hydroxylation is 2. The smallest absolute Gasteiger partial charge is 0.190 e. The summed E-state index contributed by atoms with van der Waals surface area (Å²) in [6.45, 7) is 8.31. The van der Waals surface area contributed by atoms with Gasteiger partial charge in [0.15, 0.2) is 5.96 Å². The third-order valence-electron chi connectivity index (χ3n) is 2.75. The van der Waals surface area contributed by atoms with Gasteiger partial charge in [-0.3, -0.25) is 4.99 Å². The molecule has 0 fully saturated rings. The molecule has 0 saturated carbocycles. The highest BCUT2D eigenvalue weighted by Gasteiger charge is 1.98. The summed E-state index contributed by atoms with van der Waals surface area (Å²) in [6, 6.07) is 6.70. The highest BCUT2D eigenvalue weighted by Crippen LogP contribution is 2.08. The second-order valence-electron chi connectivity index (χ2n) is 4.67. The van der Waals surface area contributed by atoms with Crippen molar-refractivity contribution >= 4 is 5.96 Å². The molecule has 0 spiro atoms. The van der Waals surface area contributed by atoms with Crippen LogP contribution in [0.3, 0.4) is 0 Å². The molecule has 0 unspecified atom stereocenters. The average molecular weight is 247 g/mol. The predicted octanol–water partition coefficient (Wildman–Crippen LogP) is 2.42. The Morgan fingerprint density at radius 2 is 1.67 bits per heavy atom. The van der Waals surface area contributed by atoms with Crippen molar-refractivity contribution in [1.29, 1.82) is 0 Å². The maximum absolute atomic E-state index is 4.19. The first-order valence-corrected chi connectivity index (χ1v) is 6.67. The Hall–Kier alpha value is -1.51. The van der Waals surface area contributed by atoms with Crippen molar-refractivity contribution in [2.45, 2.75) is 33.6 Å². The van der Waals surface area contributed by atoms with Gasteiger partial charge >= 0.3 is 0 Å². The average Bonchev–Trinajstić information content (AvgIpc) is 2.32. The highest BCUT2D eigenvalue weighted by atomic mass is 15.2. The van der Waals surface area contributed by atoms with Crippen molar-refractivity contribution in [3.8, 4) is 0 Å². The molecule has 0 heterocycles. The van der Waals surface area contributed by atoms with Crippen LogP contribution in [-0.4, -0.2) is 26.1 Å². The molecule has 1 rings (SSSR count). The Morgan fingerprint density at radius 3 is 2.22 bits per heavy atom. The van der Waals surface area contributed by atoms with Gasteiger partial charge in [0.25, 0.3) is 0 Å². The molecule has 18 heavy (non-hydrogen) atoms. The molecule has 0 radical (unpaired) electrons. The molecule has 0 atom stereocenters. The zero-order chi connectivity index (χ0) is 13.4. The molecular formula is C15H25N3.